The second kappa shape index (κ2) is 4.73. The van der Waals surface area contributed by atoms with Gasteiger partial charge in [-0.3, -0.25) is 0 Å². The maximum absolute atomic E-state index is 14.1. The molecule has 1 atom stereocenters. The molecule has 0 saturated carbocycles. The summed E-state index contributed by atoms with van der Waals surface area (Å²) < 4.78 is 28.2. The molecule has 1 aromatic rings. The molecule has 2 rings (SSSR count). The molecule has 94 valence electrons. The van der Waals surface area contributed by atoms with E-state index in [1.54, 1.807) is 18.2 Å². The highest BCUT2D eigenvalue weighted by atomic mass is 19.3. The van der Waals surface area contributed by atoms with Gasteiger partial charge in [0.25, 0.3) is 5.92 Å². The van der Waals surface area contributed by atoms with Crippen LogP contribution in [0.1, 0.15) is 36.0 Å². The Balaban J connectivity index is 2.14. The zero-order valence-electron chi connectivity index (χ0n) is 10.4. The fraction of sp³-hybridized carbons (Fsp3) is 0.571. The van der Waals surface area contributed by atoms with E-state index in [4.69, 9.17) is 0 Å². The smallest absolute Gasteiger partial charge is 0.274 e. The number of rotatable bonds is 3. The van der Waals surface area contributed by atoms with Crippen LogP contribution in [0.2, 0.25) is 0 Å². The van der Waals surface area contributed by atoms with Gasteiger partial charge in [-0.2, -0.15) is 0 Å². The predicted octanol–water partition coefficient (Wildman–Crippen LogP) is 3.54. The summed E-state index contributed by atoms with van der Waals surface area (Å²) in [5, 5.41) is 3.13. The first-order valence-electron chi connectivity index (χ1n) is 6.18. The summed E-state index contributed by atoms with van der Waals surface area (Å²) in [6, 6.07) is 4.91. The molecule has 1 nitrogen and oxygen atoms in total. The summed E-state index contributed by atoms with van der Waals surface area (Å²) >= 11 is 0. The molecule has 0 radical (unpaired) electrons. The SMILES string of the molecule is Cc1ccc(C(F)(F)CC2CCCN2)cc1C. The maximum Gasteiger partial charge on any atom is 0.274 e. The highest BCUT2D eigenvalue weighted by Gasteiger charge is 2.35. The standard InChI is InChI=1S/C14H19F2N/c1-10-5-6-12(8-11(10)2)14(15,16)9-13-4-3-7-17-13/h5-6,8,13,17H,3-4,7,9H2,1-2H3. The molecule has 1 aliphatic rings. The molecule has 1 heterocycles. The zero-order valence-corrected chi connectivity index (χ0v) is 10.4. The van der Waals surface area contributed by atoms with E-state index < -0.39 is 5.92 Å². The molecule has 1 unspecified atom stereocenters. The Morgan fingerprint density at radius 3 is 2.65 bits per heavy atom. The number of benzene rings is 1. The van der Waals surface area contributed by atoms with Crippen LogP contribution in [0.4, 0.5) is 8.78 Å². The Labute approximate surface area is 101 Å². The molecule has 0 bridgehead atoms. The quantitative estimate of drug-likeness (QED) is 0.850. The molecule has 0 aromatic heterocycles. The van der Waals surface area contributed by atoms with E-state index in [1.807, 2.05) is 13.8 Å². The van der Waals surface area contributed by atoms with E-state index in [0.717, 1.165) is 30.5 Å². The van der Waals surface area contributed by atoms with Crippen LogP contribution >= 0.6 is 0 Å². The number of nitrogens with one attached hydrogen (secondary N) is 1. The highest BCUT2D eigenvalue weighted by molar-refractivity contribution is 5.32. The van der Waals surface area contributed by atoms with Gasteiger partial charge in [0.2, 0.25) is 0 Å². The topological polar surface area (TPSA) is 12.0 Å². The first-order chi connectivity index (χ1) is 7.99. The molecule has 1 aliphatic heterocycles. The number of hydrogen-bond donors (Lipinski definition) is 1. The van der Waals surface area contributed by atoms with Gasteiger partial charge in [0.05, 0.1) is 0 Å². The minimum atomic E-state index is -2.72. The molecular weight excluding hydrogens is 220 g/mol. The number of hydrogen-bond acceptors (Lipinski definition) is 1. The lowest BCUT2D eigenvalue weighted by Crippen LogP contribution is -2.29. The van der Waals surface area contributed by atoms with Crippen molar-refractivity contribution < 1.29 is 8.78 Å². The van der Waals surface area contributed by atoms with Crippen molar-refractivity contribution in [3.8, 4) is 0 Å². The Morgan fingerprint density at radius 1 is 1.29 bits per heavy atom. The first-order valence-corrected chi connectivity index (χ1v) is 6.18. The number of alkyl halides is 2. The molecule has 1 aromatic carbocycles. The first kappa shape index (κ1) is 12.5. The fourth-order valence-corrected chi connectivity index (χ4v) is 2.33. The zero-order chi connectivity index (χ0) is 12.5. The largest absolute Gasteiger partial charge is 0.314 e. The molecule has 0 amide bonds. The van der Waals surface area contributed by atoms with E-state index in [-0.39, 0.29) is 18.0 Å². The van der Waals surface area contributed by atoms with Gasteiger partial charge in [0.15, 0.2) is 0 Å². The van der Waals surface area contributed by atoms with Gasteiger partial charge >= 0.3 is 0 Å². The third-order valence-electron chi connectivity index (χ3n) is 3.59. The van der Waals surface area contributed by atoms with E-state index in [9.17, 15) is 8.78 Å². The second-order valence-corrected chi connectivity index (χ2v) is 5.00. The predicted molar refractivity (Wildman–Crippen MR) is 65.5 cm³/mol. The van der Waals surface area contributed by atoms with Gasteiger partial charge < -0.3 is 5.32 Å². The molecule has 1 N–H and O–H groups in total. The van der Waals surface area contributed by atoms with Crippen molar-refractivity contribution in [2.75, 3.05) is 6.54 Å². The second-order valence-electron chi connectivity index (χ2n) is 5.00. The van der Waals surface area contributed by atoms with Gasteiger partial charge in [-0.25, -0.2) is 8.78 Å². The van der Waals surface area contributed by atoms with E-state index in [1.165, 1.54) is 0 Å². The lowest BCUT2D eigenvalue weighted by molar-refractivity contribution is -0.0213. The molecular formula is C14H19F2N. The van der Waals surface area contributed by atoms with Crippen LogP contribution in [-0.2, 0) is 5.92 Å². The Hall–Kier alpha value is -0.960. The summed E-state index contributed by atoms with van der Waals surface area (Å²) in [5.41, 5.74) is 2.14. The van der Waals surface area contributed by atoms with E-state index in [0.29, 0.717) is 0 Å². The van der Waals surface area contributed by atoms with Gasteiger partial charge in [-0.05, 0) is 50.4 Å². The van der Waals surface area contributed by atoms with Crippen LogP contribution in [0.5, 0.6) is 0 Å². The van der Waals surface area contributed by atoms with Crippen molar-refractivity contribution >= 4 is 0 Å². The lowest BCUT2D eigenvalue weighted by atomic mass is 9.97. The summed E-state index contributed by atoms with van der Waals surface area (Å²) in [5.74, 6) is -2.72. The lowest BCUT2D eigenvalue weighted by Gasteiger charge is -2.21. The Bertz CT molecular complexity index is 395. The van der Waals surface area contributed by atoms with Crippen LogP contribution < -0.4 is 5.32 Å². The molecule has 0 aliphatic carbocycles. The van der Waals surface area contributed by atoms with Crippen molar-refractivity contribution in [1.29, 1.82) is 0 Å². The van der Waals surface area contributed by atoms with Crippen molar-refractivity contribution in [3.63, 3.8) is 0 Å². The molecule has 1 fully saturated rings. The number of aryl methyl sites for hydroxylation is 2. The molecule has 17 heavy (non-hydrogen) atoms. The minimum absolute atomic E-state index is 0.0355. The van der Waals surface area contributed by atoms with Gasteiger partial charge in [-0.1, -0.05) is 12.1 Å². The van der Waals surface area contributed by atoms with Crippen LogP contribution in [0, 0.1) is 13.8 Å². The van der Waals surface area contributed by atoms with Crippen molar-refractivity contribution in [2.45, 2.75) is 45.1 Å². The third-order valence-corrected chi connectivity index (χ3v) is 3.59. The Kier molecular flexibility index (Phi) is 3.48. The molecule has 3 heteroatoms. The monoisotopic (exact) mass is 239 g/mol. The molecule has 1 saturated heterocycles. The average molecular weight is 239 g/mol. The Morgan fingerprint density at radius 2 is 2.06 bits per heavy atom. The van der Waals surface area contributed by atoms with Crippen molar-refractivity contribution in [1.82, 2.24) is 5.32 Å². The van der Waals surface area contributed by atoms with E-state index >= 15 is 0 Å². The summed E-state index contributed by atoms with van der Waals surface area (Å²) in [4.78, 5) is 0. The molecule has 0 spiro atoms. The summed E-state index contributed by atoms with van der Waals surface area (Å²) in [7, 11) is 0. The van der Waals surface area contributed by atoms with Gasteiger partial charge in [0, 0.05) is 18.0 Å². The van der Waals surface area contributed by atoms with E-state index in [2.05, 4.69) is 5.32 Å². The number of halogens is 2. The van der Waals surface area contributed by atoms with Gasteiger partial charge in [0.1, 0.15) is 0 Å². The normalized spacial score (nSPS) is 20.8. The van der Waals surface area contributed by atoms with Crippen molar-refractivity contribution in [2.24, 2.45) is 0 Å². The maximum atomic E-state index is 14.1. The van der Waals surface area contributed by atoms with Crippen LogP contribution in [-0.4, -0.2) is 12.6 Å². The highest BCUT2D eigenvalue weighted by Crippen LogP contribution is 2.35. The summed E-state index contributed by atoms with van der Waals surface area (Å²) in [6.45, 7) is 4.69. The minimum Gasteiger partial charge on any atom is -0.314 e. The van der Waals surface area contributed by atoms with Crippen LogP contribution in [0.25, 0.3) is 0 Å². The van der Waals surface area contributed by atoms with Gasteiger partial charge in [-0.15, -0.1) is 0 Å². The fourth-order valence-electron chi connectivity index (χ4n) is 2.33. The van der Waals surface area contributed by atoms with Crippen molar-refractivity contribution in [3.05, 3.63) is 34.9 Å². The summed E-state index contributed by atoms with van der Waals surface area (Å²) in [6.07, 6.45) is 1.78. The third kappa shape index (κ3) is 2.83. The van der Waals surface area contributed by atoms with Crippen LogP contribution in [0.3, 0.4) is 0 Å². The average Bonchev–Trinajstić information content (AvgIpc) is 2.73. The van der Waals surface area contributed by atoms with Crippen LogP contribution in [0.15, 0.2) is 18.2 Å².